The number of hydrogen-bond acceptors (Lipinski definition) is 2. The quantitative estimate of drug-likeness (QED) is 0.905. The summed E-state index contributed by atoms with van der Waals surface area (Å²) < 4.78 is 5.85. The number of nitrogens with two attached hydrogens (primary N) is 1. The van der Waals surface area contributed by atoms with Crippen LogP contribution in [0.4, 0.5) is 0 Å². The second kappa shape index (κ2) is 5.89. The van der Waals surface area contributed by atoms with Gasteiger partial charge in [-0.25, -0.2) is 0 Å². The largest absolute Gasteiger partial charge is 0.457 e. The van der Waals surface area contributed by atoms with Crippen LogP contribution in [-0.2, 0) is 6.42 Å². The van der Waals surface area contributed by atoms with Crippen molar-refractivity contribution in [3.63, 3.8) is 0 Å². The van der Waals surface area contributed by atoms with Crippen LogP contribution >= 0.6 is 11.6 Å². The van der Waals surface area contributed by atoms with Crippen molar-refractivity contribution in [1.29, 1.82) is 0 Å². The second-order valence-electron chi connectivity index (χ2n) is 4.20. The summed E-state index contributed by atoms with van der Waals surface area (Å²) >= 11 is 5.92. The van der Waals surface area contributed by atoms with E-state index in [0.29, 0.717) is 6.54 Å². The van der Waals surface area contributed by atoms with Crippen LogP contribution in [0.2, 0.25) is 5.02 Å². The van der Waals surface area contributed by atoms with E-state index in [4.69, 9.17) is 22.1 Å². The number of rotatable bonds is 4. The fourth-order valence-electron chi connectivity index (χ4n) is 1.79. The SMILES string of the molecule is Cc1cc(Cl)ccc1Oc1cccc(CCN)c1. The van der Waals surface area contributed by atoms with Gasteiger partial charge >= 0.3 is 0 Å². The van der Waals surface area contributed by atoms with E-state index in [1.807, 2.05) is 43.3 Å². The third-order valence-electron chi connectivity index (χ3n) is 2.70. The summed E-state index contributed by atoms with van der Waals surface area (Å²) in [6.07, 6.45) is 0.858. The van der Waals surface area contributed by atoms with Gasteiger partial charge in [-0.3, -0.25) is 0 Å². The van der Waals surface area contributed by atoms with Crippen molar-refractivity contribution in [2.75, 3.05) is 6.54 Å². The van der Waals surface area contributed by atoms with Crippen LogP contribution in [0, 0.1) is 6.92 Å². The lowest BCUT2D eigenvalue weighted by Gasteiger charge is -2.10. The molecule has 94 valence electrons. The molecule has 0 aromatic heterocycles. The van der Waals surface area contributed by atoms with Gasteiger partial charge in [-0.1, -0.05) is 23.7 Å². The van der Waals surface area contributed by atoms with Crippen molar-refractivity contribution in [2.24, 2.45) is 5.73 Å². The summed E-state index contributed by atoms with van der Waals surface area (Å²) in [6, 6.07) is 13.6. The highest BCUT2D eigenvalue weighted by molar-refractivity contribution is 6.30. The van der Waals surface area contributed by atoms with E-state index in [2.05, 4.69) is 6.07 Å². The molecule has 0 unspecified atom stereocenters. The van der Waals surface area contributed by atoms with Crippen LogP contribution in [-0.4, -0.2) is 6.54 Å². The lowest BCUT2D eigenvalue weighted by molar-refractivity contribution is 0.478. The van der Waals surface area contributed by atoms with Crippen LogP contribution in [0.5, 0.6) is 11.5 Å². The van der Waals surface area contributed by atoms with Gasteiger partial charge in [0.1, 0.15) is 11.5 Å². The summed E-state index contributed by atoms with van der Waals surface area (Å²) in [4.78, 5) is 0. The Morgan fingerprint density at radius 2 is 2.00 bits per heavy atom. The van der Waals surface area contributed by atoms with Gasteiger partial charge < -0.3 is 10.5 Å². The number of benzene rings is 2. The molecule has 0 bridgehead atoms. The summed E-state index contributed by atoms with van der Waals surface area (Å²) in [5, 5.41) is 0.719. The first kappa shape index (κ1) is 12.9. The van der Waals surface area contributed by atoms with E-state index < -0.39 is 0 Å². The van der Waals surface area contributed by atoms with E-state index in [9.17, 15) is 0 Å². The zero-order chi connectivity index (χ0) is 13.0. The Bertz CT molecular complexity index is 540. The normalized spacial score (nSPS) is 10.4. The average Bonchev–Trinajstić information content (AvgIpc) is 2.34. The van der Waals surface area contributed by atoms with Gasteiger partial charge in [0.05, 0.1) is 0 Å². The fraction of sp³-hybridized carbons (Fsp3) is 0.200. The summed E-state index contributed by atoms with van der Waals surface area (Å²) in [5.41, 5.74) is 7.75. The van der Waals surface area contributed by atoms with Crippen molar-refractivity contribution in [3.05, 3.63) is 58.6 Å². The van der Waals surface area contributed by atoms with E-state index >= 15 is 0 Å². The molecule has 0 aliphatic rings. The summed E-state index contributed by atoms with van der Waals surface area (Å²) in [5.74, 6) is 1.65. The molecule has 0 spiro atoms. The van der Waals surface area contributed by atoms with Crippen molar-refractivity contribution < 1.29 is 4.74 Å². The monoisotopic (exact) mass is 261 g/mol. The number of halogens is 1. The molecular weight excluding hydrogens is 246 g/mol. The number of hydrogen-bond donors (Lipinski definition) is 1. The molecule has 0 fully saturated rings. The first-order chi connectivity index (χ1) is 8.69. The maximum Gasteiger partial charge on any atom is 0.130 e. The first-order valence-electron chi connectivity index (χ1n) is 5.92. The molecule has 2 nitrogen and oxygen atoms in total. The lowest BCUT2D eigenvalue weighted by Crippen LogP contribution is -2.02. The van der Waals surface area contributed by atoms with E-state index in [-0.39, 0.29) is 0 Å². The third-order valence-corrected chi connectivity index (χ3v) is 2.93. The van der Waals surface area contributed by atoms with Crippen molar-refractivity contribution in [3.8, 4) is 11.5 Å². The van der Waals surface area contributed by atoms with E-state index in [1.165, 1.54) is 5.56 Å². The second-order valence-corrected chi connectivity index (χ2v) is 4.63. The van der Waals surface area contributed by atoms with Crippen LogP contribution in [0.25, 0.3) is 0 Å². The topological polar surface area (TPSA) is 35.2 Å². The molecule has 3 heteroatoms. The molecule has 2 aromatic carbocycles. The molecule has 0 radical (unpaired) electrons. The maximum absolute atomic E-state index is 5.92. The fourth-order valence-corrected chi connectivity index (χ4v) is 2.01. The molecule has 0 aliphatic carbocycles. The smallest absolute Gasteiger partial charge is 0.130 e. The van der Waals surface area contributed by atoms with Crippen LogP contribution in [0.1, 0.15) is 11.1 Å². The molecule has 0 amide bonds. The van der Waals surface area contributed by atoms with Gasteiger partial charge in [0.2, 0.25) is 0 Å². The van der Waals surface area contributed by atoms with Gasteiger partial charge in [-0.2, -0.15) is 0 Å². The summed E-state index contributed by atoms with van der Waals surface area (Å²) in [7, 11) is 0. The van der Waals surface area contributed by atoms with Crippen LogP contribution < -0.4 is 10.5 Å². The minimum atomic E-state index is 0.642. The molecule has 0 atom stereocenters. The molecule has 2 N–H and O–H groups in total. The Morgan fingerprint density at radius 1 is 1.17 bits per heavy atom. The summed E-state index contributed by atoms with van der Waals surface area (Å²) in [6.45, 7) is 2.62. The van der Waals surface area contributed by atoms with Crippen molar-refractivity contribution in [1.82, 2.24) is 0 Å². The first-order valence-corrected chi connectivity index (χ1v) is 6.30. The zero-order valence-electron chi connectivity index (χ0n) is 10.3. The molecule has 0 heterocycles. The molecule has 18 heavy (non-hydrogen) atoms. The Morgan fingerprint density at radius 3 is 2.72 bits per heavy atom. The van der Waals surface area contributed by atoms with Gasteiger partial charge in [0, 0.05) is 5.02 Å². The predicted molar refractivity (Wildman–Crippen MR) is 75.5 cm³/mol. The standard InChI is InChI=1S/C15H16ClNO/c1-11-9-13(16)5-6-15(11)18-14-4-2-3-12(10-14)7-8-17/h2-6,9-10H,7-8,17H2,1H3. The Balaban J connectivity index is 2.20. The average molecular weight is 262 g/mol. The molecule has 0 saturated heterocycles. The minimum Gasteiger partial charge on any atom is -0.457 e. The van der Waals surface area contributed by atoms with Crippen molar-refractivity contribution in [2.45, 2.75) is 13.3 Å². The number of ether oxygens (including phenoxy) is 1. The number of aryl methyl sites for hydroxylation is 1. The highest BCUT2D eigenvalue weighted by Gasteiger charge is 2.03. The minimum absolute atomic E-state index is 0.642. The Hall–Kier alpha value is -1.51. The Labute approximate surface area is 112 Å². The van der Waals surface area contributed by atoms with Gasteiger partial charge in [-0.15, -0.1) is 0 Å². The third kappa shape index (κ3) is 3.25. The Kier molecular flexibility index (Phi) is 4.24. The molecular formula is C15H16ClNO. The highest BCUT2D eigenvalue weighted by atomic mass is 35.5. The van der Waals surface area contributed by atoms with Gasteiger partial charge in [-0.05, 0) is 61.3 Å². The molecule has 0 saturated carbocycles. The van der Waals surface area contributed by atoms with Crippen molar-refractivity contribution >= 4 is 11.6 Å². The lowest BCUT2D eigenvalue weighted by atomic mass is 10.1. The molecule has 0 aliphatic heterocycles. The predicted octanol–water partition coefficient (Wildman–Crippen LogP) is 3.94. The molecule has 2 rings (SSSR count). The maximum atomic E-state index is 5.92. The van der Waals surface area contributed by atoms with E-state index in [0.717, 1.165) is 28.5 Å². The van der Waals surface area contributed by atoms with E-state index in [1.54, 1.807) is 0 Å². The van der Waals surface area contributed by atoms with Gasteiger partial charge in [0.25, 0.3) is 0 Å². The van der Waals surface area contributed by atoms with Crippen LogP contribution in [0.3, 0.4) is 0 Å². The van der Waals surface area contributed by atoms with Crippen LogP contribution in [0.15, 0.2) is 42.5 Å². The molecule has 2 aromatic rings. The zero-order valence-corrected chi connectivity index (χ0v) is 11.1. The van der Waals surface area contributed by atoms with Gasteiger partial charge in [0.15, 0.2) is 0 Å². The highest BCUT2D eigenvalue weighted by Crippen LogP contribution is 2.27.